The summed E-state index contributed by atoms with van der Waals surface area (Å²) in [5, 5.41) is 8.68. The molecular weight excluding hydrogens is 452 g/mol. The summed E-state index contributed by atoms with van der Waals surface area (Å²) in [5.74, 6) is -0.131. The van der Waals surface area contributed by atoms with E-state index in [1.165, 1.54) is 5.56 Å². The molecule has 1 atom stereocenters. The van der Waals surface area contributed by atoms with Crippen LogP contribution in [0.4, 0.5) is 4.79 Å². The summed E-state index contributed by atoms with van der Waals surface area (Å²) in [5.41, 5.74) is 2.35. The number of fused-ring (bicyclic) bond motifs is 1. The van der Waals surface area contributed by atoms with Crippen LogP contribution in [-0.2, 0) is 10.2 Å². The van der Waals surface area contributed by atoms with Crippen LogP contribution < -0.4 is 5.32 Å². The van der Waals surface area contributed by atoms with Crippen molar-refractivity contribution in [3.63, 3.8) is 0 Å². The van der Waals surface area contributed by atoms with Crippen LogP contribution in [0, 0.1) is 0 Å². The van der Waals surface area contributed by atoms with E-state index in [9.17, 15) is 9.59 Å². The number of piperidine rings is 1. The molecule has 1 unspecified atom stereocenters. The van der Waals surface area contributed by atoms with E-state index in [0.29, 0.717) is 24.2 Å². The van der Waals surface area contributed by atoms with Crippen LogP contribution in [-0.4, -0.2) is 50.9 Å². The fourth-order valence-electron chi connectivity index (χ4n) is 4.74. The zero-order chi connectivity index (χ0) is 26.3. The Bertz CT molecular complexity index is 1260. The smallest absolute Gasteiger partial charge is 0.410 e. The molecule has 1 aliphatic rings. The highest BCUT2D eigenvalue weighted by molar-refractivity contribution is 6.05. The van der Waals surface area contributed by atoms with Crippen molar-refractivity contribution in [2.45, 2.75) is 77.9 Å². The lowest BCUT2D eigenvalue weighted by atomic mass is 9.76. The van der Waals surface area contributed by atoms with E-state index in [2.05, 4.69) is 24.4 Å². The monoisotopic (exact) mass is 490 g/mol. The minimum absolute atomic E-state index is 0.131. The minimum atomic E-state index is -0.507. The van der Waals surface area contributed by atoms with Crippen molar-refractivity contribution >= 4 is 22.9 Å². The SMILES string of the molecule is CC(C)(C)NC(=O)c1cccc2cn(-c3ccc(C4(C)CCCN(C(=O)OC(C)(C)C)C4)cc3)nc12. The topological polar surface area (TPSA) is 76.5 Å². The van der Waals surface area contributed by atoms with Crippen molar-refractivity contribution < 1.29 is 14.3 Å². The first-order valence-corrected chi connectivity index (χ1v) is 12.6. The molecule has 0 bridgehead atoms. The van der Waals surface area contributed by atoms with E-state index in [4.69, 9.17) is 9.84 Å². The molecule has 7 nitrogen and oxygen atoms in total. The van der Waals surface area contributed by atoms with Gasteiger partial charge in [-0.2, -0.15) is 5.10 Å². The predicted molar refractivity (Wildman–Crippen MR) is 143 cm³/mol. The largest absolute Gasteiger partial charge is 0.444 e. The second-order valence-electron chi connectivity index (χ2n) is 12.1. The molecule has 1 aromatic heterocycles. The summed E-state index contributed by atoms with van der Waals surface area (Å²) in [7, 11) is 0. The van der Waals surface area contributed by atoms with Crippen LogP contribution >= 0.6 is 0 Å². The quantitative estimate of drug-likeness (QED) is 0.500. The third kappa shape index (κ3) is 5.72. The number of aromatic nitrogens is 2. The standard InChI is InChI=1S/C29H38N4O3/c1-27(2,3)30-25(34)23-11-8-10-20-18-33(31-24(20)23)22-14-12-21(13-15-22)29(7)16-9-17-32(19-29)26(35)36-28(4,5)6/h8,10-15,18H,9,16-17,19H2,1-7H3,(H,30,34). The number of carbonyl (C=O) groups is 2. The summed E-state index contributed by atoms with van der Waals surface area (Å²) < 4.78 is 7.43. The fourth-order valence-corrected chi connectivity index (χ4v) is 4.74. The number of ether oxygens (including phenoxy) is 1. The highest BCUT2D eigenvalue weighted by atomic mass is 16.6. The molecule has 0 aliphatic carbocycles. The molecular formula is C29H38N4O3. The average Bonchev–Trinajstić information content (AvgIpc) is 3.21. The number of carbonyl (C=O) groups excluding carboxylic acids is 2. The van der Waals surface area contributed by atoms with Crippen LogP contribution in [0.15, 0.2) is 48.7 Å². The Morgan fingerprint density at radius 3 is 2.36 bits per heavy atom. The number of hydrogen-bond donors (Lipinski definition) is 1. The van der Waals surface area contributed by atoms with Gasteiger partial charge in [-0.25, -0.2) is 9.48 Å². The highest BCUT2D eigenvalue weighted by Gasteiger charge is 2.36. The molecule has 2 amide bonds. The number of likely N-dealkylation sites (tertiary alicyclic amines) is 1. The minimum Gasteiger partial charge on any atom is -0.444 e. The van der Waals surface area contributed by atoms with Gasteiger partial charge in [0.05, 0.1) is 11.3 Å². The van der Waals surface area contributed by atoms with Gasteiger partial charge in [0.1, 0.15) is 11.1 Å². The second kappa shape index (κ2) is 9.26. The van der Waals surface area contributed by atoms with Crippen LogP contribution in [0.5, 0.6) is 0 Å². The van der Waals surface area contributed by atoms with E-state index in [1.807, 2.05) is 87.7 Å². The van der Waals surface area contributed by atoms with Crippen molar-refractivity contribution in [2.24, 2.45) is 0 Å². The Morgan fingerprint density at radius 2 is 1.72 bits per heavy atom. The first kappa shape index (κ1) is 25.7. The van der Waals surface area contributed by atoms with E-state index in [1.54, 1.807) is 0 Å². The molecule has 4 rings (SSSR count). The van der Waals surface area contributed by atoms with Crippen LogP contribution in [0.2, 0.25) is 0 Å². The van der Waals surface area contributed by atoms with Crippen molar-refractivity contribution in [1.29, 1.82) is 0 Å². The summed E-state index contributed by atoms with van der Waals surface area (Å²) in [6.07, 6.45) is 3.63. The molecule has 1 fully saturated rings. The Balaban J connectivity index is 1.56. The van der Waals surface area contributed by atoms with E-state index in [0.717, 1.165) is 23.9 Å². The van der Waals surface area contributed by atoms with Crippen molar-refractivity contribution in [3.8, 4) is 5.69 Å². The molecule has 0 spiro atoms. The van der Waals surface area contributed by atoms with E-state index in [-0.39, 0.29) is 23.0 Å². The van der Waals surface area contributed by atoms with Crippen LogP contribution in [0.25, 0.3) is 16.6 Å². The normalized spacial score (nSPS) is 18.8. The second-order valence-corrected chi connectivity index (χ2v) is 12.1. The van der Waals surface area contributed by atoms with Crippen LogP contribution in [0.1, 0.15) is 77.2 Å². The van der Waals surface area contributed by atoms with E-state index >= 15 is 0 Å². The highest BCUT2D eigenvalue weighted by Crippen LogP contribution is 2.35. The van der Waals surface area contributed by atoms with Gasteiger partial charge in [-0.05, 0) is 78.1 Å². The van der Waals surface area contributed by atoms with Gasteiger partial charge in [-0.1, -0.05) is 31.2 Å². The maximum absolute atomic E-state index is 12.8. The molecule has 2 aromatic carbocycles. The predicted octanol–water partition coefficient (Wildman–Crippen LogP) is 5.84. The third-order valence-electron chi connectivity index (χ3n) is 6.45. The summed E-state index contributed by atoms with van der Waals surface area (Å²) in [6.45, 7) is 15.1. The van der Waals surface area contributed by atoms with Gasteiger partial charge in [0.2, 0.25) is 0 Å². The molecule has 3 aromatic rings. The van der Waals surface area contributed by atoms with E-state index < -0.39 is 5.60 Å². The van der Waals surface area contributed by atoms with Crippen molar-refractivity contribution in [2.75, 3.05) is 13.1 Å². The Morgan fingerprint density at radius 1 is 1.03 bits per heavy atom. The summed E-state index contributed by atoms with van der Waals surface area (Å²) in [4.78, 5) is 27.3. The zero-order valence-corrected chi connectivity index (χ0v) is 22.5. The Labute approximate surface area is 213 Å². The number of amides is 2. The van der Waals surface area contributed by atoms with Crippen LogP contribution in [0.3, 0.4) is 0 Å². The number of nitrogens with zero attached hydrogens (tertiary/aromatic N) is 3. The van der Waals surface area contributed by atoms with Gasteiger partial charge in [-0.15, -0.1) is 0 Å². The molecule has 0 saturated carbocycles. The molecule has 0 radical (unpaired) electrons. The lowest BCUT2D eigenvalue weighted by Crippen LogP contribution is -2.48. The average molecular weight is 491 g/mol. The van der Waals surface area contributed by atoms with Gasteiger partial charge < -0.3 is 15.0 Å². The molecule has 1 aliphatic heterocycles. The maximum Gasteiger partial charge on any atom is 0.410 e. The van der Waals surface area contributed by atoms with Gasteiger partial charge in [-0.3, -0.25) is 4.79 Å². The van der Waals surface area contributed by atoms with Crippen molar-refractivity contribution in [3.05, 3.63) is 59.8 Å². The molecule has 192 valence electrons. The lowest BCUT2D eigenvalue weighted by molar-refractivity contribution is 0.0146. The number of rotatable bonds is 3. The molecule has 36 heavy (non-hydrogen) atoms. The lowest BCUT2D eigenvalue weighted by Gasteiger charge is -2.41. The van der Waals surface area contributed by atoms with Gasteiger partial charge in [0, 0.05) is 35.6 Å². The third-order valence-corrected chi connectivity index (χ3v) is 6.45. The first-order chi connectivity index (χ1) is 16.7. The zero-order valence-electron chi connectivity index (χ0n) is 22.5. The number of benzene rings is 2. The van der Waals surface area contributed by atoms with Gasteiger partial charge in [0.15, 0.2) is 0 Å². The fraction of sp³-hybridized carbons (Fsp3) is 0.483. The Hall–Kier alpha value is -3.35. The van der Waals surface area contributed by atoms with Gasteiger partial charge >= 0.3 is 6.09 Å². The molecule has 2 heterocycles. The number of nitrogens with one attached hydrogen (secondary N) is 1. The maximum atomic E-state index is 12.8. The number of hydrogen-bond acceptors (Lipinski definition) is 4. The Kier molecular flexibility index (Phi) is 6.62. The molecule has 1 N–H and O–H groups in total. The summed E-state index contributed by atoms with van der Waals surface area (Å²) >= 11 is 0. The van der Waals surface area contributed by atoms with Crippen molar-refractivity contribution in [1.82, 2.24) is 20.0 Å². The molecule has 1 saturated heterocycles. The first-order valence-electron chi connectivity index (χ1n) is 12.6. The molecule has 7 heteroatoms. The van der Waals surface area contributed by atoms with Gasteiger partial charge in [0.25, 0.3) is 5.91 Å². The summed E-state index contributed by atoms with van der Waals surface area (Å²) in [6, 6.07) is 14.0.